The first kappa shape index (κ1) is 37.7. The molecule has 0 bridgehead atoms. The Kier molecular flexibility index (Phi) is 9.70. The smallest absolute Gasteiger partial charge is 0.408 e. The van der Waals surface area contributed by atoms with Gasteiger partial charge >= 0.3 is 6.09 Å². The average Bonchev–Trinajstić information content (AvgIpc) is 4.05. The summed E-state index contributed by atoms with van der Waals surface area (Å²) < 4.78 is 46.4. The van der Waals surface area contributed by atoms with E-state index in [1.165, 1.54) is 4.90 Å². The topological polar surface area (TPSA) is 186 Å². The van der Waals surface area contributed by atoms with Crippen LogP contribution in [-0.4, -0.2) is 83.2 Å². The molecule has 4 aromatic rings. The summed E-state index contributed by atoms with van der Waals surface area (Å²) in [4.78, 5) is 62.3. The normalized spacial score (nSPS) is 26.7. The minimum atomic E-state index is -3.90. The van der Waals surface area contributed by atoms with Crippen molar-refractivity contribution in [3.8, 4) is 5.88 Å². The minimum Gasteiger partial charge on any atom is -0.472 e. The molecule has 4 amide bonds. The number of pyridine rings is 1. The third-order valence-electron chi connectivity index (χ3n) is 11.0. The van der Waals surface area contributed by atoms with E-state index in [1.807, 2.05) is 60.7 Å². The molecule has 15 heteroatoms. The predicted octanol–water partition coefficient (Wildman–Crippen LogP) is 5.38. The van der Waals surface area contributed by atoms with E-state index in [4.69, 9.17) is 18.9 Å². The lowest BCUT2D eigenvalue weighted by Crippen LogP contribution is -2.58. The quantitative estimate of drug-likeness (QED) is 0.215. The summed E-state index contributed by atoms with van der Waals surface area (Å²) in [6.45, 7) is 5.17. The van der Waals surface area contributed by atoms with Gasteiger partial charge in [0.15, 0.2) is 5.58 Å². The molecule has 14 nitrogen and oxygen atoms in total. The summed E-state index contributed by atoms with van der Waals surface area (Å²) in [7, 11) is -3.90. The van der Waals surface area contributed by atoms with E-state index in [9.17, 15) is 27.6 Å². The maximum Gasteiger partial charge on any atom is 0.408 e. The number of sulfonamides is 1. The van der Waals surface area contributed by atoms with E-state index in [2.05, 4.69) is 15.4 Å². The monoisotopic (exact) mass is 785 g/mol. The Balaban J connectivity index is 1.14. The van der Waals surface area contributed by atoms with Crippen LogP contribution in [0, 0.1) is 5.92 Å². The van der Waals surface area contributed by atoms with Crippen LogP contribution < -0.4 is 20.1 Å². The van der Waals surface area contributed by atoms with Gasteiger partial charge in [-0.15, -0.1) is 0 Å². The van der Waals surface area contributed by atoms with Crippen LogP contribution in [0.4, 0.5) is 4.79 Å². The van der Waals surface area contributed by atoms with Crippen molar-refractivity contribution in [3.05, 3.63) is 60.7 Å². The molecule has 1 saturated heterocycles. The van der Waals surface area contributed by atoms with Gasteiger partial charge in [-0.2, -0.15) is 0 Å². The Hall–Kier alpha value is -5.18. The standard InChI is InChI=1S/C41H47N5O9S/c1-40(2,3)55-39(50)42-30-17-8-6-4-5-7-13-24-22-41(24,38(49)45-56(51,52)26-19-20-26)44-35(47)31-21-25(23-46(31)37(30)48)53-36-28-15-10-9-14-27(28)34-33(43-36)29-16-11-12-18-32(29)54-34/h7,9-16,18,24-26,30-31H,4-6,8,17,19-23H2,1-3H3,(H,42,50)(H,44,47)(H,45,49)/b13-7-/t24-,25?,30+,31+,41-/m1/s1. The molecule has 2 aliphatic heterocycles. The van der Waals surface area contributed by atoms with Crippen LogP contribution in [-0.2, 0) is 29.1 Å². The van der Waals surface area contributed by atoms with E-state index in [-0.39, 0.29) is 19.4 Å². The van der Waals surface area contributed by atoms with Crippen LogP contribution >= 0.6 is 0 Å². The number of ether oxygens (including phenoxy) is 2. The second-order valence-corrected chi connectivity index (χ2v) is 18.4. The molecule has 5 atom stereocenters. The Morgan fingerprint density at radius 1 is 0.982 bits per heavy atom. The van der Waals surface area contributed by atoms with Crippen LogP contribution in [0.15, 0.2) is 65.1 Å². The molecule has 0 radical (unpaired) electrons. The number of hydrogen-bond acceptors (Lipinski definition) is 10. The van der Waals surface area contributed by atoms with Crippen molar-refractivity contribution in [2.24, 2.45) is 5.92 Å². The summed E-state index contributed by atoms with van der Waals surface area (Å²) in [5.41, 5.74) is -0.429. The number of para-hydroxylation sites is 1. The predicted molar refractivity (Wildman–Crippen MR) is 208 cm³/mol. The van der Waals surface area contributed by atoms with Crippen molar-refractivity contribution in [3.63, 3.8) is 0 Å². The molecule has 296 valence electrons. The molecule has 2 aromatic heterocycles. The Labute approximate surface area is 324 Å². The van der Waals surface area contributed by atoms with Gasteiger partial charge in [-0.05, 0) is 77.5 Å². The van der Waals surface area contributed by atoms with E-state index < -0.39 is 74.3 Å². The maximum absolute atomic E-state index is 14.6. The van der Waals surface area contributed by atoms with Gasteiger partial charge in [0.05, 0.1) is 11.8 Å². The lowest BCUT2D eigenvalue weighted by atomic mass is 10.0. The van der Waals surface area contributed by atoms with Crippen LogP contribution in [0.5, 0.6) is 5.88 Å². The first-order valence-corrected chi connectivity index (χ1v) is 21.0. The summed E-state index contributed by atoms with van der Waals surface area (Å²) >= 11 is 0. The van der Waals surface area contributed by atoms with Gasteiger partial charge in [-0.1, -0.05) is 55.3 Å². The fourth-order valence-corrected chi connectivity index (χ4v) is 9.26. The number of allylic oxidation sites excluding steroid dienone is 1. The summed E-state index contributed by atoms with van der Waals surface area (Å²) in [6, 6.07) is 13.0. The number of amides is 4. The number of rotatable bonds is 6. The highest BCUT2D eigenvalue weighted by Gasteiger charge is 2.62. The van der Waals surface area contributed by atoms with Crippen molar-refractivity contribution < 1.29 is 41.5 Å². The lowest BCUT2D eigenvalue weighted by Gasteiger charge is -2.30. The number of fused-ring (bicyclic) bond motifs is 7. The van der Waals surface area contributed by atoms with Gasteiger partial charge in [-0.25, -0.2) is 18.2 Å². The highest BCUT2D eigenvalue weighted by atomic mass is 32.2. The van der Waals surface area contributed by atoms with Gasteiger partial charge in [0, 0.05) is 28.5 Å². The summed E-state index contributed by atoms with van der Waals surface area (Å²) in [5, 5.41) is 7.30. The molecule has 1 unspecified atom stereocenters. The highest BCUT2D eigenvalue weighted by Crippen LogP contribution is 2.46. The lowest BCUT2D eigenvalue weighted by molar-refractivity contribution is -0.141. The Morgan fingerprint density at radius 3 is 2.46 bits per heavy atom. The Morgan fingerprint density at radius 2 is 1.71 bits per heavy atom. The van der Waals surface area contributed by atoms with Gasteiger partial charge in [0.25, 0.3) is 5.91 Å². The van der Waals surface area contributed by atoms with E-state index in [1.54, 1.807) is 20.8 Å². The van der Waals surface area contributed by atoms with Crippen molar-refractivity contribution in [1.82, 2.24) is 25.2 Å². The SMILES string of the molecule is CC(C)(C)OC(=O)N[C@H]1CCCCC/C=C\[C@@H]2C[C@@]2(C(=O)NS(=O)(=O)C2CC2)NC(=O)[C@@H]2CC(Oc3nc4c5ccccc5oc4c4ccccc34)CN2C1=O. The number of benzene rings is 2. The fraction of sp³-hybridized carbons (Fsp3) is 0.488. The molecule has 4 aliphatic rings. The third kappa shape index (κ3) is 7.52. The van der Waals surface area contributed by atoms with Crippen LogP contribution in [0.1, 0.15) is 78.6 Å². The molecule has 0 spiro atoms. The molecule has 56 heavy (non-hydrogen) atoms. The second kappa shape index (κ2) is 14.4. The zero-order valence-electron chi connectivity index (χ0n) is 31.7. The van der Waals surface area contributed by atoms with Crippen LogP contribution in [0.3, 0.4) is 0 Å². The molecule has 2 saturated carbocycles. The van der Waals surface area contributed by atoms with Crippen molar-refractivity contribution in [1.29, 1.82) is 0 Å². The zero-order chi connectivity index (χ0) is 39.4. The first-order valence-electron chi connectivity index (χ1n) is 19.4. The van der Waals surface area contributed by atoms with Gasteiger partial charge < -0.3 is 29.4 Å². The highest BCUT2D eigenvalue weighted by molar-refractivity contribution is 7.91. The van der Waals surface area contributed by atoms with E-state index in [0.717, 1.165) is 23.6 Å². The first-order chi connectivity index (χ1) is 26.7. The summed E-state index contributed by atoms with van der Waals surface area (Å²) in [5.74, 6) is -2.04. The number of carbonyl (C=O) groups is 4. The molecule has 8 rings (SSSR count). The summed E-state index contributed by atoms with van der Waals surface area (Å²) in [6.07, 6.45) is 6.69. The van der Waals surface area contributed by atoms with Crippen molar-refractivity contribution >= 4 is 66.7 Å². The number of furan rings is 1. The minimum absolute atomic E-state index is 0.0256. The van der Waals surface area contributed by atoms with Crippen LogP contribution in [0.2, 0.25) is 0 Å². The van der Waals surface area contributed by atoms with E-state index >= 15 is 0 Å². The van der Waals surface area contributed by atoms with Crippen LogP contribution in [0.25, 0.3) is 32.8 Å². The van der Waals surface area contributed by atoms with Gasteiger partial charge in [-0.3, -0.25) is 19.1 Å². The number of nitrogens with one attached hydrogen (secondary N) is 3. The second-order valence-electron chi connectivity index (χ2n) is 16.4. The Bertz CT molecular complexity index is 2360. The number of carbonyl (C=O) groups excluding carboxylic acids is 4. The van der Waals surface area contributed by atoms with E-state index in [0.29, 0.717) is 60.1 Å². The number of alkyl carbamates (subject to hydrolysis) is 1. The molecule has 3 N–H and O–H groups in total. The fourth-order valence-electron chi connectivity index (χ4n) is 7.90. The maximum atomic E-state index is 14.6. The molecule has 3 fully saturated rings. The third-order valence-corrected chi connectivity index (χ3v) is 12.8. The van der Waals surface area contributed by atoms with Gasteiger partial charge in [0.2, 0.25) is 27.7 Å². The zero-order valence-corrected chi connectivity index (χ0v) is 32.5. The van der Waals surface area contributed by atoms with Crippen molar-refractivity contribution in [2.45, 2.75) is 113 Å². The molecule has 2 aliphatic carbocycles. The number of nitrogens with zero attached hydrogens (tertiary/aromatic N) is 2. The molecular weight excluding hydrogens is 739 g/mol. The molecular formula is C41H47N5O9S. The average molecular weight is 786 g/mol. The van der Waals surface area contributed by atoms with Gasteiger partial charge in [0.1, 0.15) is 40.4 Å². The molecule has 4 heterocycles. The molecule has 2 aromatic carbocycles. The number of aromatic nitrogens is 1. The van der Waals surface area contributed by atoms with Crippen molar-refractivity contribution in [2.75, 3.05) is 6.54 Å². The number of hydrogen-bond donors (Lipinski definition) is 3. The largest absolute Gasteiger partial charge is 0.472 e.